The molecule has 0 bridgehead atoms. The van der Waals surface area contributed by atoms with Crippen molar-refractivity contribution in [2.75, 3.05) is 10.6 Å². The molecule has 1 aromatic heterocycles. The number of hydrogen-bond donors (Lipinski definition) is 3. The third kappa shape index (κ3) is 4.35. The first kappa shape index (κ1) is 16.6. The first-order chi connectivity index (χ1) is 10.9. The number of rotatable bonds is 4. The molecule has 1 heterocycles. The van der Waals surface area contributed by atoms with E-state index in [0.717, 1.165) is 5.69 Å². The summed E-state index contributed by atoms with van der Waals surface area (Å²) in [6.45, 7) is 5.71. The van der Waals surface area contributed by atoms with Crippen LogP contribution in [0.25, 0.3) is 0 Å². The van der Waals surface area contributed by atoms with E-state index in [0.29, 0.717) is 17.1 Å². The highest BCUT2D eigenvalue weighted by molar-refractivity contribution is 6.03. The second-order valence-corrected chi connectivity index (χ2v) is 5.71. The van der Waals surface area contributed by atoms with Crippen molar-refractivity contribution >= 4 is 23.3 Å². The van der Waals surface area contributed by atoms with E-state index in [2.05, 4.69) is 16.0 Å². The van der Waals surface area contributed by atoms with Gasteiger partial charge in [-0.1, -0.05) is 6.07 Å². The van der Waals surface area contributed by atoms with Crippen molar-refractivity contribution in [1.29, 1.82) is 0 Å². The molecule has 0 aliphatic heterocycles. The Morgan fingerprint density at radius 3 is 2.26 bits per heavy atom. The number of nitrogens with zero attached hydrogens (tertiary/aromatic N) is 1. The number of urea groups is 1. The van der Waals surface area contributed by atoms with Gasteiger partial charge in [0.15, 0.2) is 0 Å². The number of carbonyl (C=O) groups is 2. The molecule has 0 unspecified atom stereocenters. The summed E-state index contributed by atoms with van der Waals surface area (Å²) in [5, 5.41) is 8.32. The van der Waals surface area contributed by atoms with E-state index in [-0.39, 0.29) is 18.0 Å². The van der Waals surface area contributed by atoms with Crippen LogP contribution < -0.4 is 16.0 Å². The van der Waals surface area contributed by atoms with Gasteiger partial charge in [-0.05, 0) is 51.1 Å². The lowest BCUT2D eigenvalue weighted by Crippen LogP contribution is -2.34. The number of hydrogen-bond acceptors (Lipinski definition) is 2. The monoisotopic (exact) mass is 314 g/mol. The van der Waals surface area contributed by atoms with Gasteiger partial charge < -0.3 is 20.5 Å². The van der Waals surface area contributed by atoms with Crippen molar-refractivity contribution in [3.8, 4) is 0 Å². The average Bonchev–Trinajstić information content (AvgIpc) is 2.78. The number of anilines is 2. The van der Waals surface area contributed by atoms with Crippen LogP contribution in [0.2, 0.25) is 0 Å². The lowest BCUT2D eigenvalue weighted by molar-refractivity contribution is 0.101. The van der Waals surface area contributed by atoms with Crippen LogP contribution in [0.1, 0.15) is 30.0 Å². The Hall–Kier alpha value is -2.76. The van der Waals surface area contributed by atoms with Gasteiger partial charge in [-0.2, -0.15) is 0 Å². The zero-order valence-corrected chi connectivity index (χ0v) is 13.8. The van der Waals surface area contributed by atoms with Crippen molar-refractivity contribution in [3.05, 3.63) is 47.8 Å². The molecule has 0 fully saturated rings. The van der Waals surface area contributed by atoms with Crippen LogP contribution in [0.15, 0.2) is 36.4 Å². The second-order valence-electron chi connectivity index (χ2n) is 5.71. The molecule has 0 saturated carbocycles. The minimum absolute atomic E-state index is 0.0541. The summed E-state index contributed by atoms with van der Waals surface area (Å²) >= 11 is 0. The van der Waals surface area contributed by atoms with Crippen LogP contribution in [0.4, 0.5) is 16.2 Å². The molecule has 0 aliphatic rings. The Morgan fingerprint density at radius 2 is 1.70 bits per heavy atom. The number of nitrogens with one attached hydrogen (secondary N) is 3. The van der Waals surface area contributed by atoms with E-state index in [1.54, 1.807) is 30.3 Å². The van der Waals surface area contributed by atoms with Gasteiger partial charge in [0.1, 0.15) is 5.69 Å². The van der Waals surface area contributed by atoms with Gasteiger partial charge in [0.25, 0.3) is 5.91 Å². The topological polar surface area (TPSA) is 75.2 Å². The van der Waals surface area contributed by atoms with Crippen LogP contribution in [-0.2, 0) is 7.05 Å². The van der Waals surface area contributed by atoms with Crippen LogP contribution >= 0.6 is 0 Å². The predicted molar refractivity (Wildman–Crippen MR) is 91.8 cm³/mol. The van der Waals surface area contributed by atoms with E-state index in [9.17, 15) is 9.59 Å². The fraction of sp³-hybridized carbons (Fsp3) is 0.294. The largest absolute Gasteiger partial charge is 0.344 e. The molecule has 0 radical (unpaired) electrons. The molecule has 6 nitrogen and oxygen atoms in total. The highest BCUT2D eigenvalue weighted by Crippen LogP contribution is 2.16. The summed E-state index contributed by atoms with van der Waals surface area (Å²) in [4.78, 5) is 24.0. The molecule has 3 N–H and O–H groups in total. The zero-order valence-electron chi connectivity index (χ0n) is 13.8. The Bertz CT molecular complexity index is 719. The van der Waals surface area contributed by atoms with Crippen molar-refractivity contribution < 1.29 is 9.59 Å². The van der Waals surface area contributed by atoms with Gasteiger partial charge in [-0.15, -0.1) is 0 Å². The third-order valence-corrected chi connectivity index (χ3v) is 3.40. The van der Waals surface area contributed by atoms with Crippen molar-refractivity contribution in [2.24, 2.45) is 7.05 Å². The zero-order chi connectivity index (χ0) is 17.0. The molecule has 2 aromatic rings. The summed E-state index contributed by atoms with van der Waals surface area (Å²) < 4.78 is 1.83. The maximum Gasteiger partial charge on any atom is 0.319 e. The fourth-order valence-electron chi connectivity index (χ4n) is 2.14. The quantitative estimate of drug-likeness (QED) is 0.811. The average molecular weight is 314 g/mol. The number of carbonyl (C=O) groups excluding carboxylic acids is 2. The summed E-state index contributed by atoms with van der Waals surface area (Å²) in [6.07, 6.45) is 0. The van der Waals surface area contributed by atoms with Gasteiger partial charge in [0, 0.05) is 30.2 Å². The Kier molecular flexibility index (Phi) is 5.05. The number of aromatic nitrogens is 1. The van der Waals surface area contributed by atoms with Gasteiger partial charge in [-0.3, -0.25) is 4.79 Å². The maximum atomic E-state index is 12.3. The number of amides is 3. The lowest BCUT2D eigenvalue weighted by atomic mass is 10.2. The minimum atomic E-state index is -0.276. The summed E-state index contributed by atoms with van der Waals surface area (Å²) in [5.74, 6) is -0.190. The molecule has 122 valence electrons. The van der Waals surface area contributed by atoms with Gasteiger partial charge in [0.05, 0.1) is 0 Å². The number of benzene rings is 1. The van der Waals surface area contributed by atoms with E-state index in [4.69, 9.17) is 0 Å². The molecule has 3 amide bonds. The predicted octanol–water partition coefficient (Wildman–Crippen LogP) is 3.12. The Morgan fingerprint density at radius 1 is 1.04 bits per heavy atom. The van der Waals surface area contributed by atoms with Crippen molar-refractivity contribution in [3.63, 3.8) is 0 Å². The standard InChI is InChI=1S/C17H22N4O2/c1-11(2)18-17(23)20-14-7-5-6-13(10-14)19-16(22)15-9-8-12(3)21(15)4/h5-11H,1-4H3,(H,19,22)(H2,18,20,23). The van der Waals surface area contributed by atoms with E-state index >= 15 is 0 Å². The minimum Gasteiger partial charge on any atom is -0.344 e. The van der Waals surface area contributed by atoms with Gasteiger partial charge in [-0.25, -0.2) is 4.79 Å². The maximum absolute atomic E-state index is 12.3. The summed E-state index contributed by atoms with van der Waals surface area (Å²) in [6, 6.07) is 10.5. The molecule has 6 heteroatoms. The highest BCUT2D eigenvalue weighted by Gasteiger charge is 2.11. The van der Waals surface area contributed by atoms with E-state index in [1.165, 1.54) is 0 Å². The van der Waals surface area contributed by atoms with Crippen LogP contribution in [0.5, 0.6) is 0 Å². The third-order valence-electron chi connectivity index (χ3n) is 3.40. The van der Waals surface area contributed by atoms with Gasteiger partial charge in [0.2, 0.25) is 0 Å². The lowest BCUT2D eigenvalue weighted by Gasteiger charge is -2.12. The molecule has 1 aromatic carbocycles. The van der Waals surface area contributed by atoms with Crippen LogP contribution in [-0.4, -0.2) is 22.5 Å². The van der Waals surface area contributed by atoms with E-state index in [1.807, 2.05) is 38.5 Å². The Labute approximate surface area is 135 Å². The second kappa shape index (κ2) is 7.00. The van der Waals surface area contributed by atoms with Gasteiger partial charge >= 0.3 is 6.03 Å². The fourth-order valence-corrected chi connectivity index (χ4v) is 2.14. The first-order valence-electron chi connectivity index (χ1n) is 7.48. The highest BCUT2D eigenvalue weighted by atomic mass is 16.2. The molecular weight excluding hydrogens is 292 g/mol. The smallest absolute Gasteiger partial charge is 0.319 e. The SMILES string of the molecule is Cc1ccc(C(=O)Nc2cccc(NC(=O)NC(C)C)c2)n1C. The molecule has 2 rings (SSSR count). The molecule has 0 atom stereocenters. The summed E-state index contributed by atoms with van der Waals surface area (Å²) in [7, 11) is 1.85. The number of aryl methyl sites for hydroxylation is 1. The normalized spacial score (nSPS) is 10.5. The van der Waals surface area contributed by atoms with Crippen molar-refractivity contribution in [2.45, 2.75) is 26.8 Å². The van der Waals surface area contributed by atoms with E-state index < -0.39 is 0 Å². The van der Waals surface area contributed by atoms with Crippen molar-refractivity contribution in [1.82, 2.24) is 9.88 Å². The molecular formula is C17H22N4O2. The first-order valence-corrected chi connectivity index (χ1v) is 7.48. The van der Waals surface area contributed by atoms with Crippen LogP contribution in [0, 0.1) is 6.92 Å². The summed E-state index contributed by atoms with van der Waals surface area (Å²) in [5.41, 5.74) is 2.83. The molecule has 0 saturated heterocycles. The molecule has 0 aliphatic carbocycles. The molecule has 23 heavy (non-hydrogen) atoms. The van der Waals surface area contributed by atoms with Crippen LogP contribution in [0.3, 0.4) is 0 Å². The molecule has 0 spiro atoms. The Balaban J connectivity index is 2.06.